The normalized spacial score (nSPS) is 15.4. The Balaban J connectivity index is 1.38. The lowest BCUT2D eigenvalue weighted by atomic mass is 9.87. The van der Waals surface area contributed by atoms with E-state index in [1.807, 2.05) is 17.0 Å². The molecule has 1 N–H and O–H groups in total. The van der Waals surface area contributed by atoms with Gasteiger partial charge in [-0.3, -0.25) is 9.59 Å². The summed E-state index contributed by atoms with van der Waals surface area (Å²) in [6, 6.07) is 21.3. The van der Waals surface area contributed by atoms with E-state index in [0.717, 1.165) is 92.4 Å². The molecule has 1 aromatic heterocycles. The maximum Gasteiger partial charge on any atom is 0.255 e. The van der Waals surface area contributed by atoms with E-state index in [1.165, 1.54) is 39.2 Å². The van der Waals surface area contributed by atoms with E-state index in [1.54, 1.807) is 0 Å². The predicted octanol–water partition coefficient (Wildman–Crippen LogP) is 8.37. The first kappa shape index (κ1) is 38.4. The highest BCUT2D eigenvalue weighted by Crippen LogP contribution is 2.39. The summed E-state index contributed by atoms with van der Waals surface area (Å²) >= 11 is 0. The molecule has 0 spiro atoms. The van der Waals surface area contributed by atoms with Crippen LogP contribution < -0.4 is 5.32 Å². The molecular formula is C46H61N5O2. The molecule has 0 unspecified atom stereocenters. The summed E-state index contributed by atoms with van der Waals surface area (Å²) in [6.45, 7) is 12.5. The van der Waals surface area contributed by atoms with E-state index in [2.05, 4.69) is 117 Å². The Morgan fingerprint density at radius 2 is 1.57 bits per heavy atom. The summed E-state index contributed by atoms with van der Waals surface area (Å²) in [4.78, 5) is 35.2. The highest BCUT2D eigenvalue weighted by molar-refractivity contribution is 6.02. The molecule has 3 heterocycles. The molecule has 7 nitrogen and oxygen atoms in total. The van der Waals surface area contributed by atoms with Crippen molar-refractivity contribution in [2.45, 2.75) is 105 Å². The number of carbonyl (C=O) groups excluding carboxylic acids is 2. The van der Waals surface area contributed by atoms with Crippen LogP contribution in [0, 0.1) is 6.92 Å². The van der Waals surface area contributed by atoms with Crippen molar-refractivity contribution in [3.05, 3.63) is 111 Å². The highest BCUT2D eigenvalue weighted by atomic mass is 16.2. The summed E-state index contributed by atoms with van der Waals surface area (Å²) in [5.74, 6) is 0.206. The van der Waals surface area contributed by atoms with Gasteiger partial charge in [0.25, 0.3) is 5.91 Å². The van der Waals surface area contributed by atoms with Gasteiger partial charge >= 0.3 is 0 Å². The fraction of sp³-hybridized carbons (Fsp3) is 0.478. The monoisotopic (exact) mass is 715 g/mol. The molecule has 2 aliphatic rings. The highest BCUT2D eigenvalue weighted by Gasteiger charge is 2.33. The average molecular weight is 716 g/mol. The number of hydrogen-bond donors (Lipinski definition) is 1. The Morgan fingerprint density at radius 3 is 2.30 bits per heavy atom. The Labute approximate surface area is 318 Å². The molecule has 0 aliphatic carbocycles. The minimum Gasteiger partial charge on any atom is -0.384 e. The van der Waals surface area contributed by atoms with Crippen molar-refractivity contribution in [2.24, 2.45) is 7.05 Å². The van der Waals surface area contributed by atoms with Gasteiger partial charge in [0.15, 0.2) is 0 Å². The quantitative estimate of drug-likeness (QED) is 0.143. The number of carbonyl (C=O) groups is 2. The molecule has 0 radical (unpaired) electrons. The minimum atomic E-state index is 0.0839. The summed E-state index contributed by atoms with van der Waals surface area (Å²) in [7, 11) is 6.32. The van der Waals surface area contributed by atoms with Crippen molar-refractivity contribution in [1.82, 2.24) is 19.3 Å². The molecule has 1 atom stereocenters. The summed E-state index contributed by atoms with van der Waals surface area (Å²) < 4.78 is 2.37. The Hall–Kier alpha value is -4.36. The second kappa shape index (κ2) is 17.2. The number of benzene rings is 3. The van der Waals surface area contributed by atoms with E-state index in [0.29, 0.717) is 26.1 Å². The standard InChI is InChI=1S/C46H61N5O2/c1-8-10-19-39-33(4)49(7)45(40(39)20-11-9-2)41-27-35-22-24-50(44(52)29-36-17-14-15-21-43(36)47-23-25-48(5)6)30-38(35)28-42(41)46(53)51-31-37-18-13-12-16-34(37)26-32(51)3/h12-18,21,27-28,32,47H,8-11,19-20,22-26,29-31H2,1-7H3/t32-/m1/s1. The third-order valence-corrected chi connectivity index (χ3v) is 11.7. The molecule has 0 bridgehead atoms. The number of nitrogens with one attached hydrogen (secondary N) is 1. The fourth-order valence-corrected chi connectivity index (χ4v) is 8.42. The van der Waals surface area contributed by atoms with Gasteiger partial charge in [0.2, 0.25) is 5.91 Å². The zero-order chi connectivity index (χ0) is 37.6. The first-order valence-corrected chi connectivity index (χ1v) is 20.1. The number of para-hydroxylation sites is 1. The first-order valence-electron chi connectivity index (χ1n) is 20.1. The second-order valence-electron chi connectivity index (χ2n) is 15.7. The smallest absolute Gasteiger partial charge is 0.255 e. The minimum absolute atomic E-state index is 0.0839. The van der Waals surface area contributed by atoms with Crippen LogP contribution in [0.5, 0.6) is 0 Å². The van der Waals surface area contributed by atoms with Crippen LogP contribution in [0.1, 0.15) is 101 Å². The number of anilines is 1. The van der Waals surface area contributed by atoms with Crippen molar-refractivity contribution in [3.8, 4) is 11.3 Å². The molecule has 3 aromatic carbocycles. The summed E-state index contributed by atoms with van der Waals surface area (Å²) in [5.41, 5.74) is 14.1. The van der Waals surface area contributed by atoms with Crippen LogP contribution in [0.2, 0.25) is 0 Å². The average Bonchev–Trinajstić information content (AvgIpc) is 3.39. The van der Waals surface area contributed by atoms with E-state index in [-0.39, 0.29) is 17.9 Å². The van der Waals surface area contributed by atoms with E-state index >= 15 is 4.79 Å². The molecule has 2 amide bonds. The largest absolute Gasteiger partial charge is 0.384 e. The van der Waals surface area contributed by atoms with Gasteiger partial charge < -0.3 is 24.6 Å². The zero-order valence-electron chi connectivity index (χ0n) is 33.4. The van der Waals surface area contributed by atoms with Crippen molar-refractivity contribution >= 4 is 17.5 Å². The topological polar surface area (TPSA) is 60.8 Å². The van der Waals surface area contributed by atoms with Crippen LogP contribution >= 0.6 is 0 Å². The van der Waals surface area contributed by atoms with E-state index < -0.39 is 0 Å². The van der Waals surface area contributed by atoms with Gasteiger partial charge in [-0.25, -0.2) is 0 Å². The molecule has 7 heteroatoms. The lowest BCUT2D eigenvalue weighted by Gasteiger charge is -2.36. The number of unbranched alkanes of at least 4 members (excludes halogenated alkanes) is 2. The molecule has 0 saturated carbocycles. The molecule has 0 saturated heterocycles. The van der Waals surface area contributed by atoms with Crippen LogP contribution in [-0.4, -0.2) is 70.9 Å². The summed E-state index contributed by atoms with van der Waals surface area (Å²) in [5, 5.41) is 3.53. The molecule has 4 aromatic rings. The SMILES string of the molecule is CCCCc1c(CCCC)c(-c2cc3c(cc2C(=O)N2Cc4ccccc4C[C@H]2C)CN(C(=O)Cc2ccccc2NCCN(C)C)CC3)n(C)c1C. The van der Waals surface area contributed by atoms with Crippen LogP contribution in [0.4, 0.5) is 5.69 Å². The number of hydrogen-bond acceptors (Lipinski definition) is 4. The van der Waals surface area contributed by atoms with Crippen molar-refractivity contribution < 1.29 is 9.59 Å². The van der Waals surface area contributed by atoms with Crippen LogP contribution in [0.3, 0.4) is 0 Å². The maximum absolute atomic E-state index is 15.0. The summed E-state index contributed by atoms with van der Waals surface area (Å²) in [6.07, 6.45) is 8.60. The van der Waals surface area contributed by atoms with Crippen LogP contribution in [0.25, 0.3) is 11.3 Å². The third-order valence-electron chi connectivity index (χ3n) is 11.7. The molecule has 2 aliphatic heterocycles. The third kappa shape index (κ3) is 8.41. The van der Waals surface area contributed by atoms with Crippen molar-refractivity contribution in [1.29, 1.82) is 0 Å². The molecule has 282 valence electrons. The second-order valence-corrected chi connectivity index (χ2v) is 15.7. The predicted molar refractivity (Wildman–Crippen MR) is 219 cm³/mol. The van der Waals surface area contributed by atoms with Gasteiger partial charge in [0.05, 0.1) is 12.1 Å². The number of rotatable bonds is 14. The maximum atomic E-state index is 15.0. The number of amides is 2. The number of fused-ring (bicyclic) bond motifs is 2. The van der Waals surface area contributed by atoms with Gasteiger partial charge in [0, 0.05) is 68.3 Å². The van der Waals surface area contributed by atoms with Crippen molar-refractivity contribution in [3.63, 3.8) is 0 Å². The molecule has 6 rings (SSSR count). The van der Waals surface area contributed by atoms with Gasteiger partial charge in [-0.05, 0) is 124 Å². The Kier molecular flexibility index (Phi) is 12.4. The Morgan fingerprint density at radius 1 is 0.868 bits per heavy atom. The molecular weight excluding hydrogens is 655 g/mol. The van der Waals surface area contributed by atoms with E-state index in [4.69, 9.17) is 0 Å². The van der Waals surface area contributed by atoms with Gasteiger partial charge in [-0.15, -0.1) is 0 Å². The lowest BCUT2D eigenvalue weighted by molar-refractivity contribution is -0.131. The van der Waals surface area contributed by atoms with Crippen LogP contribution in [0.15, 0.2) is 60.7 Å². The number of likely N-dealkylation sites (N-methyl/N-ethyl adjacent to an activating group) is 1. The fourth-order valence-electron chi connectivity index (χ4n) is 8.42. The first-order chi connectivity index (χ1) is 25.6. The lowest BCUT2D eigenvalue weighted by Crippen LogP contribution is -2.43. The van der Waals surface area contributed by atoms with E-state index in [9.17, 15) is 4.79 Å². The van der Waals surface area contributed by atoms with Crippen LogP contribution in [-0.2, 0) is 57.0 Å². The Bertz CT molecular complexity index is 1920. The van der Waals surface area contributed by atoms with Gasteiger partial charge in [-0.2, -0.15) is 0 Å². The number of nitrogens with zero attached hydrogens (tertiary/aromatic N) is 4. The molecule has 0 fully saturated rings. The van der Waals surface area contributed by atoms with Gasteiger partial charge in [-0.1, -0.05) is 69.2 Å². The molecule has 53 heavy (non-hydrogen) atoms. The van der Waals surface area contributed by atoms with Crippen molar-refractivity contribution in [2.75, 3.05) is 39.0 Å². The van der Waals surface area contributed by atoms with Gasteiger partial charge in [0.1, 0.15) is 0 Å². The number of aromatic nitrogens is 1. The zero-order valence-corrected chi connectivity index (χ0v) is 33.4.